The number of nitrogens with two attached hydrogens (primary N) is 1. The van der Waals surface area contributed by atoms with Gasteiger partial charge in [-0.1, -0.05) is 18.2 Å². The Labute approximate surface area is 162 Å². The first-order valence-corrected chi connectivity index (χ1v) is 9.23. The van der Waals surface area contributed by atoms with E-state index in [4.69, 9.17) is 25.0 Å². The average molecular weight is 376 g/mol. The fraction of sp³-hybridized carbons (Fsp3) is 0.333. The average Bonchev–Trinajstić information content (AvgIpc) is 3.26. The van der Waals surface area contributed by atoms with Gasteiger partial charge in [-0.2, -0.15) is 5.26 Å². The molecule has 142 valence electrons. The molecule has 1 fully saturated rings. The predicted octanol–water partition coefficient (Wildman–Crippen LogP) is 2.51. The van der Waals surface area contributed by atoms with Crippen LogP contribution in [0.4, 0.5) is 0 Å². The largest absolute Gasteiger partial charge is 0.484 e. The molecule has 3 aliphatic heterocycles. The van der Waals surface area contributed by atoms with Crippen LogP contribution in [0.1, 0.15) is 24.0 Å². The molecule has 7 heteroatoms. The normalized spacial score (nSPS) is 28.1. The van der Waals surface area contributed by atoms with Crippen molar-refractivity contribution in [2.45, 2.75) is 24.2 Å². The highest BCUT2D eigenvalue weighted by Gasteiger charge is 2.55. The molecule has 0 saturated carbocycles. The van der Waals surface area contributed by atoms with Crippen LogP contribution >= 0.6 is 0 Å². The van der Waals surface area contributed by atoms with Crippen molar-refractivity contribution < 1.29 is 14.3 Å². The molecule has 2 aromatic rings. The Hall–Kier alpha value is -3.08. The van der Waals surface area contributed by atoms with Crippen LogP contribution in [0, 0.1) is 11.3 Å². The minimum absolute atomic E-state index is 0.332. The quantitative estimate of drug-likeness (QED) is 0.822. The summed E-state index contributed by atoms with van der Waals surface area (Å²) in [6, 6.07) is 15.6. The number of rotatable bonds is 1. The van der Waals surface area contributed by atoms with Crippen molar-refractivity contribution in [1.82, 2.24) is 5.06 Å². The molecule has 2 atom stereocenters. The van der Waals surface area contributed by atoms with E-state index in [-0.39, 0.29) is 0 Å². The van der Waals surface area contributed by atoms with Gasteiger partial charge in [0.1, 0.15) is 11.4 Å². The minimum atomic E-state index is -0.942. The van der Waals surface area contributed by atoms with Crippen molar-refractivity contribution >= 4 is 5.96 Å². The summed E-state index contributed by atoms with van der Waals surface area (Å²) in [5, 5.41) is 10.7. The number of aliphatic imine (C=N–C) groups is 1. The lowest BCUT2D eigenvalue weighted by molar-refractivity contribution is -0.203. The Bertz CT molecular complexity index is 1020. The van der Waals surface area contributed by atoms with E-state index < -0.39 is 11.3 Å². The molecule has 5 rings (SSSR count). The third-order valence-corrected chi connectivity index (χ3v) is 5.59. The number of benzene rings is 2. The number of hydrogen-bond donors (Lipinski definition) is 1. The van der Waals surface area contributed by atoms with E-state index in [1.807, 2.05) is 36.4 Å². The molecule has 0 amide bonds. The van der Waals surface area contributed by atoms with Crippen molar-refractivity contribution in [3.8, 4) is 22.9 Å². The molecular weight excluding hydrogens is 356 g/mol. The van der Waals surface area contributed by atoms with Crippen molar-refractivity contribution in [1.29, 1.82) is 5.26 Å². The van der Waals surface area contributed by atoms with Gasteiger partial charge in [-0.25, -0.2) is 14.9 Å². The summed E-state index contributed by atoms with van der Waals surface area (Å²) in [6.07, 6.45) is 1.31. The molecule has 2 unspecified atom stereocenters. The zero-order chi connectivity index (χ0) is 19.4. The maximum absolute atomic E-state index is 9.21. The number of guanidine groups is 1. The van der Waals surface area contributed by atoms with E-state index in [0.29, 0.717) is 31.2 Å². The number of nitriles is 1. The lowest BCUT2D eigenvalue weighted by Gasteiger charge is -2.42. The lowest BCUT2D eigenvalue weighted by atomic mass is 9.83. The number of hydroxylamine groups is 2. The van der Waals surface area contributed by atoms with Gasteiger partial charge in [0.2, 0.25) is 11.7 Å². The summed E-state index contributed by atoms with van der Waals surface area (Å²) in [4.78, 5) is 10.9. The fourth-order valence-electron chi connectivity index (χ4n) is 4.21. The van der Waals surface area contributed by atoms with Gasteiger partial charge in [0.25, 0.3) is 0 Å². The topological polar surface area (TPSA) is 93.1 Å². The van der Waals surface area contributed by atoms with Crippen LogP contribution in [-0.4, -0.2) is 36.9 Å². The van der Waals surface area contributed by atoms with E-state index >= 15 is 0 Å². The standard InChI is InChI=1S/C21H20N4O3/c1-25-19(23)24-21(28-25)12-20(7-8-26-13-20)27-18-6-5-16(10-17(18)21)15-4-2-3-14(9-15)11-22/h2-6,9-10H,7-8,12-13H2,1H3,(H2,23,24). The van der Waals surface area contributed by atoms with Gasteiger partial charge in [0.15, 0.2) is 0 Å². The molecule has 0 radical (unpaired) electrons. The van der Waals surface area contributed by atoms with Crippen LogP contribution < -0.4 is 10.5 Å². The summed E-state index contributed by atoms with van der Waals surface area (Å²) < 4.78 is 12.0. The summed E-state index contributed by atoms with van der Waals surface area (Å²) in [6.45, 7) is 1.15. The SMILES string of the molecule is CN1OC2(CC3(CCOC3)Oc3ccc(-c4cccc(C#N)c4)cc32)N=C1N. The van der Waals surface area contributed by atoms with Crippen LogP contribution in [0.5, 0.6) is 5.75 Å². The second-order valence-corrected chi connectivity index (χ2v) is 7.51. The Kier molecular flexibility index (Phi) is 3.63. The third-order valence-electron chi connectivity index (χ3n) is 5.59. The molecule has 3 heterocycles. The molecular formula is C21H20N4O3. The Morgan fingerprint density at radius 1 is 1.21 bits per heavy atom. The molecule has 0 bridgehead atoms. The number of fused-ring (bicyclic) bond motifs is 2. The molecule has 0 aromatic heterocycles. The molecule has 28 heavy (non-hydrogen) atoms. The number of nitrogens with zero attached hydrogens (tertiary/aromatic N) is 3. The van der Waals surface area contributed by atoms with E-state index in [0.717, 1.165) is 28.9 Å². The summed E-state index contributed by atoms with van der Waals surface area (Å²) >= 11 is 0. The van der Waals surface area contributed by atoms with Crippen LogP contribution in [-0.2, 0) is 15.3 Å². The summed E-state index contributed by atoms with van der Waals surface area (Å²) in [7, 11) is 1.75. The highest BCUT2D eigenvalue weighted by atomic mass is 16.7. The van der Waals surface area contributed by atoms with E-state index in [1.165, 1.54) is 5.06 Å². The highest BCUT2D eigenvalue weighted by Crippen LogP contribution is 2.52. The summed E-state index contributed by atoms with van der Waals surface area (Å²) in [5.74, 6) is 1.06. The van der Waals surface area contributed by atoms with Gasteiger partial charge in [-0.15, -0.1) is 0 Å². The van der Waals surface area contributed by atoms with Crippen molar-refractivity contribution in [3.05, 3.63) is 53.6 Å². The number of hydrogen-bond acceptors (Lipinski definition) is 7. The van der Waals surface area contributed by atoms with Crippen molar-refractivity contribution in [2.24, 2.45) is 10.7 Å². The third kappa shape index (κ3) is 2.53. The van der Waals surface area contributed by atoms with Gasteiger partial charge in [0.05, 0.1) is 30.4 Å². The zero-order valence-corrected chi connectivity index (χ0v) is 15.5. The lowest BCUT2D eigenvalue weighted by Crippen LogP contribution is -2.49. The van der Waals surface area contributed by atoms with Crippen molar-refractivity contribution in [2.75, 3.05) is 20.3 Å². The van der Waals surface area contributed by atoms with Gasteiger partial charge in [-0.05, 0) is 35.4 Å². The van der Waals surface area contributed by atoms with E-state index in [2.05, 4.69) is 6.07 Å². The predicted molar refractivity (Wildman–Crippen MR) is 102 cm³/mol. The molecule has 2 N–H and O–H groups in total. The molecule has 3 aliphatic rings. The van der Waals surface area contributed by atoms with E-state index in [9.17, 15) is 5.26 Å². The first kappa shape index (κ1) is 17.0. The number of ether oxygens (including phenoxy) is 2. The van der Waals surface area contributed by atoms with Crippen molar-refractivity contribution in [3.63, 3.8) is 0 Å². The molecule has 7 nitrogen and oxygen atoms in total. The van der Waals surface area contributed by atoms with Gasteiger partial charge in [-0.3, -0.25) is 0 Å². The first-order valence-electron chi connectivity index (χ1n) is 9.23. The molecule has 1 saturated heterocycles. The maximum Gasteiger partial charge on any atom is 0.222 e. The van der Waals surface area contributed by atoms with Crippen LogP contribution in [0.15, 0.2) is 47.5 Å². The Morgan fingerprint density at radius 2 is 2.07 bits per heavy atom. The van der Waals surface area contributed by atoms with Gasteiger partial charge < -0.3 is 15.2 Å². The monoisotopic (exact) mass is 376 g/mol. The Morgan fingerprint density at radius 3 is 2.79 bits per heavy atom. The second-order valence-electron chi connectivity index (χ2n) is 7.51. The van der Waals surface area contributed by atoms with Crippen LogP contribution in [0.2, 0.25) is 0 Å². The zero-order valence-electron chi connectivity index (χ0n) is 15.5. The van der Waals surface area contributed by atoms with Crippen LogP contribution in [0.25, 0.3) is 11.1 Å². The fourth-order valence-corrected chi connectivity index (χ4v) is 4.21. The Balaban J connectivity index is 1.65. The second kappa shape index (κ2) is 5.96. The van der Waals surface area contributed by atoms with E-state index in [1.54, 1.807) is 13.1 Å². The highest BCUT2D eigenvalue weighted by molar-refractivity contribution is 5.79. The molecule has 2 spiro atoms. The summed E-state index contributed by atoms with van der Waals surface area (Å²) in [5.41, 5.74) is 8.00. The van der Waals surface area contributed by atoms with Gasteiger partial charge >= 0.3 is 0 Å². The minimum Gasteiger partial charge on any atom is -0.484 e. The molecule has 2 aromatic carbocycles. The van der Waals surface area contributed by atoms with Gasteiger partial charge in [0, 0.05) is 19.9 Å². The maximum atomic E-state index is 9.21. The van der Waals surface area contributed by atoms with Crippen LogP contribution in [0.3, 0.4) is 0 Å². The smallest absolute Gasteiger partial charge is 0.222 e. The molecule has 0 aliphatic carbocycles. The first-order chi connectivity index (χ1) is 13.5.